The number of nitrogens with two attached hydrogens (primary N) is 1. The Morgan fingerprint density at radius 2 is 1.72 bits per heavy atom. The maximum atomic E-state index is 12.6. The minimum absolute atomic E-state index is 0.132. The summed E-state index contributed by atoms with van der Waals surface area (Å²) in [7, 11) is 0. The van der Waals surface area contributed by atoms with E-state index >= 15 is 0 Å². The number of ether oxygens (including phenoxy) is 1. The van der Waals surface area contributed by atoms with Crippen LogP contribution in [0.5, 0.6) is 11.5 Å². The van der Waals surface area contributed by atoms with E-state index in [-0.39, 0.29) is 18.2 Å². The number of hydrogen-bond acceptors (Lipinski definition) is 4. The molecule has 4 N–H and O–H groups in total. The molecule has 0 heterocycles. The number of benzene rings is 2. The molecular weight excluding hydrogens is 368 g/mol. The molecule has 6 nitrogen and oxygen atoms in total. The van der Waals surface area contributed by atoms with Crippen LogP contribution < -0.4 is 15.8 Å². The standard InChI is InChI=1S/C23H28N2O4/c24-15-16-9-11-18(12-10-16)22(26)25-21(23(27)28)14-17-5-4-8-20(13-17)29-19-6-2-1-3-7-19/h1-8,13,16,18,21H,9-12,14-15,24H2,(H,25,26)(H,27,28). The number of aliphatic carboxylic acids is 1. The molecule has 0 radical (unpaired) electrons. The lowest BCUT2D eigenvalue weighted by Crippen LogP contribution is -2.45. The van der Waals surface area contributed by atoms with Crippen molar-refractivity contribution in [2.24, 2.45) is 17.6 Å². The van der Waals surface area contributed by atoms with E-state index in [9.17, 15) is 14.7 Å². The maximum absolute atomic E-state index is 12.6. The van der Waals surface area contributed by atoms with E-state index in [1.807, 2.05) is 54.6 Å². The molecule has 1 fully saturated rings. The molecule has 3 rings (SSSR count). The predicted octanol–water partition coefficient (Wildman–Crippen LogP) is 3.36. The first-order chi connectivity index (χ1) is 14.0. The summed E-state index contributed by atoms with van der Waals surface area (Å²) < 4.78 is 5.81. The first-order valence-corrected chi connectivity index (χ1v) is 10.1. The Balaban J connectivity index is 1.61. The third-order valence-electron chi connectivity index (χ3n) is 5.48. The number of carbonyl (C=O) groups excluding carboxylic acids is 1. The monoisotopic (exact) mass is 396 g/mol. The minimum Gasteiger partial charge on any atom is -0.480 e. The zero-order valence-electron chi connectivity index (χ0n) is 16.4. The second kappa shape index (κ2) is 10.1. The summed E-state index contributed by atoms with van der Waals surface area (Å²) in [6, 6.07) is 15.7. The Labute approximate surface area is 171 Å². The fraction of sp³-hybridized carbons (Fsp3) is 0.391. The van der Waals surface area contributed by atoms with Crippen molar-refractivity contribution in [3.63, 3.8) is 0 Å². The molecule has 1 aliphatic rings. The topological polar surface area (TPSA) is 102 Å². The van der Waals surface area contributed by atoms with Crippen LogP contribution in [0.3, 0.4) is 0 Å². The Bertz CT molecular complexity index is 817. The molecule has 1 atom stereocenters. The van der Waals surface area contributed by atoms with E-state index in [2.05, 4.69) is 5.32 Å². The highest BCUT2D eigenvalue weighted by Crippen LogP contribution is 2.28. The first kappa shape index (κ1) is 20.9. The van der Waals surface area contributed by atoms with Gasteiger partial charge >= 0.3 is 5.97 Å². The Kier molecular flexibility index (Phi) is 7.25. The van der Waals surface area contributed by atoms with Gasteiger partial charge in [0.15, 0.2) is 0 Å². The molecule has 29 heavy (non-hydrogen) atoms. The molecule has 1 saturated carbocycles. The first-order valence-electron chi connectivity index (χ1n) is 10.1. The van der Waals surface area contributed by atoms with Gasteiger partial charge < -0.3 is 20.9 Å². The number of nitrogens with one attached hydrogen (secondary N) is 1. The minimum atomic E-state index is -1.04. The largest absolute Gasteiger partial charge is 0.480 e. The third-order valence-corrected chi connectivity index (χ3v) is 5.48. The summed E-state index contributed by atoms with van der Waals surface area (Å²) in [5.74, 6) is 0.465. The van der Waals surface area contributed by atoms with E-state index < -0.39 is 12.0 Å². The van der Waals surface area contributed by atoms with Gasteiger partial charge in [0.2, 0.25) is 5.91 Å². The van der Waals surface area contributed by atoms with Gasteiger partial charge in [0.25, 0.3) is 0 Å². The van der Waals surface area contributed by atoms with Gasteiger partial charge in [0.1, 0.15) is 17.5 Å². The van der Waals surface area contributed by atoms with Crippen LogP contribution in [-0.4, -0.2) is 29.6 Å². The van der Waals surface area contributed by atoms with E-state index in [4.69, 9.17) is 10.5 Å². The lowest BCUT2D eigenvalue weighted by molar-refractivity contribution is -0.142. The lowest BCUT2D eigenvalue weighted by atomic mass is 9.81. The Morgan fingerprint density at radius 3 is 2.38 bits per heavy atom. The summed E-state index contributed by atoms with van der Waals surface area (Å²) in [4.78, 5) is 24.3. The number of carboxylic acid groups (broad SMARTS) is 1. The SMILES string of the molecule is NCC1CCC(C(=O)NC(Cc2cccc(Oc3ccccc3)c2)C(=O)O)CC1. The molecule has 2 aromatic carbocycles. The summed E-state index contributed by atoms with van der Waals surface area (Å²) in [5.41, 5.74) is 6.49. The summed E-state index contributed by atoms with van der Waals surface area (Å²) in [5, 5.41) is 12.3. The van der Waals surface area contributed by atoms with Crippen LogP contribution in [0.1, 0.15) is 31.2 Å². The summed E-state index contributed by atoms with van der Waals surface area (Å²) in [6.07, 6.45) is 3.57. The number of para-hydroxylation sites is 1. The van der Waals surface area contributed by atoms with Gasteiger partial charge in [-0.25, -0.2) is 4.79 Å². The van der Waals surface area contributed by atoms with Gasteiger partial charge in [-0.1, -0.05) is 30.3 Å². The highest BCUT2D eigenvalue weighted by atomic mass is 16.5. The fourth-order valence-electron chi connectivity index (χ4n) is 3.75. The second-order valence-electron chi connectivity index (χ2n) is 7.62. The fourth-order valence-corrected chi connectivity index (χ4v) is 3.75. The van der Waals surface area contributed by atoms with Gasteiger partial charge in [0, 0.05) is 12.3 Å². The van der Waals surface area contributed by atoms with Crippen LogP contribution >= 0.6 is 0 Å². The van der Waals surface area contributed by atoms with Crippen molar-refractivity contribution in [3.8, 4) is 11.5 Å². The molecule has 2 aromatic rings. The average molecular weight is 396 g/mol. The van der Waals surface area contributed by atoms with Crippen molar-refractivity contribution in [2.75, 3.05) is 6.54 Å². The molecule has 0 aliphatic heterocycles. The highest BCUT2D eigenvalue weighted by Gasteiger charge is 2.29. The van der Waals surface area contributed by atoms with Gasteiger partial charge in [-0.3, -0.25) is 4.79 Å². The van der Waals surface area contributed by atoms with Crippen LogP contribution in [0, 0.1) is 11.8 Å². The summed E-state index contributed by atoms with van der Waals surface area (Å²) in [6.45, 7) is 0.646. The Hall–Kier alpha value is -2.86. The van der Waals surface area contributed by atoms with Gasteiger partial charge in [-0.2, -0.15) is 0 Å². The van der Waals surface area contributed by atoms with Gasteiger partial charge in [0.05, 0.1) is 0 Å². The third kappa shape index (κ3) is 6.06. The van der Waals surface area contributed by atoms with Gasteiger partial charge in [-0.15, -0.1) is 0 Å². The molecule has 1 unspecified atom stereocenters. The summed E-state index contributed by atoms with van der Waals surface area (Å²) >= 11 is 0. The van der Waals surface area contributed by atoms with Gasteiger partial charge in [-0.05, 0) is 68.0 Å². The molecule has 0 saturated heterocycles. The quantitative estimate of drug-likeness (QED) is 0.635. The van der Waals surface area contributed by atoms with E-state index in [1.54, 1.807) is 0 Å². The molecule has 1 amide bonds. The molecular formula is C23H28N2O4. The van der Waals surface area contributed by atoms with Crippen LogP contribution in [0.4, 0.5) is 0 Å². The Morgan fingerprint density at radius 1 is 1.03 bits per heavy atom. The predicted molar refractivity (Wildman–Crippen MR) is 111 cm³/mol. The number of carbonyl (C=O) groups is 2. The molecule has 1 aliphatic carbocycles. The normalized spacial score (nSPS) is 19.9. The van der Waals surface area contributed by atoms with E-state index in [0.29, 0.717) is 24.0 Å². The molecule has 154 valence electrons. The number of rotatable bonds is 8. The van der Waals surface area contributed by atoms with Crippen LogP contribution in [0.2, 0.25) is 0 Å². The average Bonchev–Trinajstić information content (AvgIpc) is 2.74. The van der Waals surface area contributed by atoms with Crippen molar-refractivity contribution < 1.29 is 19.4 Å². The van der Waals surface area contributed by atoms with Crippen molar-refractivity contribution in [2.45, 2.75) is 38.1 Å². The van der Waals surface area contributed by atoms with Crippen LogP contribution in [0.25, 0.3) is 0 Å². The number of carboxylic acids is 1. The lowest BCUT2D eigenvalue weighted by Gasteiger charge is -2.27. The van der Waals surface area contributed by atoms with Crippen LogP contribution in [0.15, 0.2) is 54.6 Å². The molecule has 6 heteroatoms. The van der Waals surface area contributed by atoms with E-state index in [0.717, 1.165) is 31.2 Å². The highest BCUT2D eigenvalue weighted by molar-refractivity contribution is 5.85. The maximum Gasteiger partial charge on any atom is 0.326 e. The zero-order valence-corrected chi connectivity index (χ0v) is 16.4. The molecule has 0 aromatic heterocycles. The van der Waals surface area contributed by atoms with Crippen LogP contribution in [-0.2, 0) is 16.0 Å². The van der Waals surface area contributed by atoms with E-state index in [1.165, 1.54) is 0 Å². The molecule has 0 bridgehead atoms. The van der Waals surface area contributed by atoms with Crippen molar-refractivity contribution in [1.29, 1.82) is 0 Å². The number of hydrogen-bond donors (Lipinski definition) is 3. The number of amides is 1. The van der Waals surface area contributed by atoms with Crippen molar-refractivity contribution in [1.82, 2.24) is 5.32 Å². The smallest absolute Gasteiger partial charge is 0.326 e. The van der Waals surface area contributed by atoms with Crippen molar-refractivity contribution in [3.05, 3.63) is 60.2 Å². The van der Waals surface area contributed by atoms with Crippen molar-refractivity contribution >= 4 is 11.9 Å². The second-order valence-corrected chi connectivity index (χ2v) is 7.62. The zero-order chi connectivity index (χ0) is 20.6. The molecule has 0 spiro atoms.